The highest BCUT2D eigenvalue weighted by Gasteiger charge is 2.60. The van der Waals surface area contributed by atoms with Gasteiger partial charge in [0.2, 0.25) is 11.8 Å². The van der Waals surface area contributed by atoms with Gasteiger partial charge in [0, 0.05) is 11.0 Å². The maximum Gasteiger partial charge on any atom is 0.409 e. The Morgan fingerprint density at radius 2 is 1.70 bits per heavy atom. The molecule has 0 radical (unpaired) electrons. The SMILES string of the molecule is O=C(NCc1cccc(Br)c1)C(C(F)(F)F)C(F)(F)F. The number of carbonyl (C=O) groups is 1. The summed E-state index contributed by atoms with van der Waals surface area (Å²) in [4.78, 5) is 11.1. The van der Waals surface area contributed by atoms with Crippen molar-refractivity contribution in [2.75, 3.05) is 0 Å². The zero-order valence-electron chi connectivity index (χ0n) is 9.65. The molecule has 1 N–H and O–H groups in total. The average molecular weight is 364 g/mol. The third-order valence-corrected chi connectivity index (χ3v) is 2.77. The first-order chi connectivity index (χ1) is 9.01. The van der Waals surface area contributed by atoms with Gasteiger partial charge in [-0.1, -0.05) is 28.1 Å². The summed E-state index contributed by atoms with van der Waals surface area (Å²) in [5.41, 5.74) is 0.371. The van der Waals surface area contributed by atoms with Crippen LogP contribution in [0.1, 0.15) is 5.56 Å². The zero-order chi connectivity index (χ0) is 15.6. The minimum Gasteiger partial charge on any atom is -0.351 e. The van der Waals surface area contributed by atoms with Gasteiger partial charge in [0.05, 0.1) is 0 Å². The van der Waals surface area contributed by atoms with Crippen LogP contribution in [-0.4, -0.2) is 18.3 Å². The molecule has 0 unspecified atom stereocenters. The lowest BCUT2D eigenvalue weighted by Gasteiger charge is -2.22. The fraction of sp³-hybridized carbons (Fsp3) is 0.364. The second kappa shape index (κ2) is 6.02. The monoisotopic (exact) mass is 363 g/mol. The molecular formula is C11H8BrF6NO. The van der Waals surface area contributed by atoms with Gasteiger partial charge in [0.25, 0.3) is 0 Å². The van der Waals surface area contributed by atoms with Crippen LogP contribution in [0.15, 0.2) is 28.7 Å². The highest BCUT2D eigenvalue weighted by Crippen LogP contribution is 2.39. The first-order valence-corrected chi connectivity index (χ1v) is 5.96. The Hall–Kier alpha value is -1.25. The molecule has 1 aromatic carbocycles. The zero-order valence-corrected chi connectivity index (χ0v) is 11.2. The van der Waals surface area contributed by atoms with Gasteiger partial charge in [-0.2, -0.15) is 26.3 Å². The summed E-state index contributed by atoms with van der Waals surface area (Å²) in [7, 11) is 0. The van der Waals surface area contributed by atoms with E-state index in [4.69, 9.17) is 0 Å². The standard InChI is InChI=1S/C11H8BrF6NO/c12-7-3-1-2-6(4-7)5-19-9(20)8(10(13,14)15)11(16,17)18/h1-4,8H,5H2,(H,19,20). The van der Waals surface area contributed by atoms with Gasteiger partial charge >= 0.3 is 12.4 Å². The first-order valence-electron chi connectivity index (χ1n) is 5.17. The Morgan fingerprint density at radius 3 is 2.15 bits per heavy atom. The second-order valence-electron chi connectivity index (χ2n) is 3.86. The molecule has 112 valence electrons. The lowest BCUT2D eigenvalue weighted by molar-refractivity contribution is -0.274. The van der Waals surface area contributed by atoms with E-state index in [2.05, 4.69) is 15.9 Å². The van der Waals surface area contributed by atoms with Crippen LogP contribution < -0.4 is 5.32 Å². The molecule has 0 saturated heterocycles. The summed E-state index contributed by atoms with van der Waals surface area (Å²) in [6.45, 7) is -0.430. The van der Waals surface area contributed by atoms with Crippen molar-refractivity contribution in [3.8, 4) is 0 Å². The highest BCUT2D eigenvalue weighted by molar-refractivity contribution is 9.10. The number of benzene rings is 1. The van der Waals surface area contributed by atoms with E-state index in [0.29, 0.717) is 10.0 Å². The van der Waals surface area contributed by atoms with E-state index in [1.807, 2.05) is 0 Å². The molecule has 9 heteroatoms. The quantitative estimate of drug-likeness (QED) is 0.813. The summed E-state index contributed by atoms with van der Waals surface area (Å²) >= 11 is 3.09. The summed E-state index contributed by atoms with van der Waals surface area (Å²) in [5.74, 6) is -6.15. The predicted octanol–water partition coefficient (Wildman–Crippen LogP) is 3.81. The van der Waals surface area contributed by atoms with E-state index < -0.39 is 30.7 Å². The van der Waals surface area contributed by atoms with E-state index in [1.165, 1.54) is 18.2 Å². The number of hydrogen-bond acceptors (Lipinski definition) is 1. The van der Waals surface area contributed by atoms with Crippen LogP contribution in [0.5, 0.6) is 0 Å². The first kappa shape index (κ1) is 16.8. The predicted molar refractivity (Wildman–Crippen MR) is 61.6 cm³/mol. The molecule has 0 spiro atoms. The van der Waals surface area contributed by atoms with Crippen LogP contribution in [-0.2, 0) is 11.3 Å². The van der Waals surface area contributed by atoms with E-state index >= 15 is 0 Å². The number of rotatable bonds is 3. The lowest BCUT2D eigenvalue weighted by atomic mass is 10.1. The van der Waals surface area contributed by atoms with E-state index in [9.17, 15) is 31.1 Å². The summed E-state index contributed by atoms with van der Waals surface area (Å²) in [6, 6.07) is 6.09. The third kappa shape index (κ3) is 4.69. The van der Waals surface area contributed by atoms with Crippen LogP contribution >= 0.6 is 15.9 Å². The van der Waals surface area contributed by atoms with Gasteiger partial charge in [-0.05, 0) is 17.7 Å². The molecule has 0 heterocycles. The molecule has 1 aromatic rings. The maximum atomic E-state index is 12.3. The number of halogens is 7. The van der Waals surface area contributed by atoms with Crippen molar-refractivity contribution in [1.82, 2.24) is 5.32 Å². The van der Waals surface area contributed by atoms with Crippen molar-refractivity contribution in [3.05, 3.63) is 34.3 Å². The van der Waals surface area contributed by atoms with Crippen LogP contribution in [0, 0.1) is 5.92 Å². The molecule has 0 bridgehead atoms. The molecule has 0 aliphatic rings. The number of amides is 1. The van der Waals surface area contributed by atoms with Gasteiger partial charge in [0.15, 0.2) is 0 Å². The van der Waals surface area contributed by atoms with E-state index in [-0.39, 0.29) is 0 Å². The molecular weight excluding hydrogens is 356 g/mol. The van der Waals surface area contributed by atoms with Crippen molar-refractivity contribution in [1.29, 1.82) is 0 Å². The fourth-order valence-corrected chi connectivity index (χ4v) is 1.87. The van der Waals surface area contributed by atoms with Crippen molar-refractivity contribution in [2.45, 2.75) is 18.9 Å². The largest absolute Gasteiger partial charge is 0.409 e. The summed E-state index contributed by atoms with van der Waals surface area (Å²) < 4.78 is 74.2. The summed E-state index contributed by atoms with van der Waals surface area (Å²) in [5, 5.41) is 1.64. The lowest BCUT2D eigenvalue weighted by Crippen LogP contribution is -2.47. The van der Waals surface area contributed by atoms with E-state index in [0.717, 1.165) is 0 Å². The topological polar surface area (TPSA) is 29.1 Å². The molecule has 0 atom stereocenters. The van der Waals surface area contributed by atoms with Gasteiger partial charge in [0.1, 0.15) is 0 Å². The fourth-order valence-electron chi connectivity index (χ4n) is 1.42. The Bertz CT molecular complexity index is 471. The molecule has 0 aliphatic carbocycles. The minimum absolute atomic E-state index is 0.371. The molecule has 0 aliphatic heterocycles. The molecule has 0 saturated carbocycles. The van der Waals surface area contributed by atoms with Crippen molar-refractivity contribution in [3.63, 3.8) is 0 Å². The molecule has 2 nitrogen and oxygen atoms in total. The number of alkyl halides is 6. The smallest absolute Gasteiger partial charge is 0.351 e. The Labute approximate surface area is 118 Å². The van der Waals surface area contributed by atoms with Crippen LogP contribution in [0.3, 0.4) is 0 Å². The molecule has 20 heavy (non-hydrogen) atoms. The Balaban J connectivity index is 2.78. The van der Waals surface area contributed by atoms with Crippen LogP contribution in [0.4, 0.5) is 26.3 Å². The molecule has 0 fully saturated rings. The van der Waals surface area contributed by atoms with Crippen molar-refractivity contribution >= 4 is 21.8 Å². The molecule has 1 amide bonds. The minimum atomic E-state index is -5.68. The van der Waals surface area contributed by atoms with Gasteiger partial charge in [-0.15, -0.1) is 0 Å². The number of hydrogen-bond donors (Lipinski definition) is 1. The maximum absolute atomic E-state index is 12.3. The molecule has 0 aromatic heterocycles. The number of nitrogens with one attached hydrogen (secondary N) is 1. The Kier molecular flexibility index (Phi) is 5.06. The third-order valence-electron chi connectivity index (χ3n) is 2.27. The molecule has 1 rings (SSSR count). The van der Waals surface area contributed by atoms with Crippen molar-refractivity contribution in [2.24, 2.45) is 5.92 Å². The Morgan fingerprint density at radius 1 is 1.15 bits per heavy atom. The normalized spacial score (nSPS) is 12.6. The van der Waals surface area contributed by atoms with E-state index in [1.54, 1.807) is 11.4 Å². The number of carbonyl (C=O) groups excluding carboxylic acids is 1. The van der Waals surface area contributed by atoms with Gasteiger partial charge in [-0.25, -0.2) is 0 Å². The van der Waals surface area contributed by atoms with Gasteiger partial charge in [-0.3, -0.25) is 4.79 Å². The van der Waals surface area contributed by atoms with Crippen LogP contribution in [0.25, 0.3) is 0 Å². The summed E-state index contributed by atoms with van der Waals surface area (Å²) in [6.07, 6.45) is -11.4. The van der Waals surface area contributed by atoms with Crippen LogP contribution in [0.2, 0.25) is 0 Å². The van der Waals surface area contributed by atoms with Gasteiger partial charge < -0.3 is 5.32 Å². The van der Waals surface area contributed by atoms with Crippen molar-refractivity contribution < 1.29 is 31.1 Å². The average Bonchev–Trinajstić information content (AvgIpc) is 2.22. The highest BCUT2D eigenvalue weighted by atomic mass is 79.9. The second-order valence-corrected chi connectivity index (χ2v) is 4.78.